The summed E-state index contributed by atoms with van der Waals surface area (Å²) in [4.78, 5) is 2.06. The molecular weight excluding hydrogens is 251 g/mol. The molecule has 0 aliphatic rings. The number of hydrogen-bond donors (Lipinski definition) is 1. The Morgan fingerprint density at radius 2 is 1.90 bits per heavy atom. The van der Waals surface area contributed by atoms with Gasteiger partial charge in [0.2, 0.25) is 0 Å². The summed E-state index contributed by atoms with van der Waals surface area (Å²) in [6.07, 6.45) is 2.67. The number of hydrogen-bond acceptors (Lipinski definition) is 2. The van der Waals surface area contributed by atoms with Gasteiger partial charge in [0.25, 0.3) is 0 Å². The van der Waals surface area contributed by atoms with Crippen LogP contribution in [0.25, 0.3) is 0 Å². The topological polar surface area (TPSA) is 29.3 Å². The minimum Gasteiger partial charge on any atom is -0.369 e. The summed E-state index contributed by atoms with van der Waals surface area (Å²) in [5, 5.41) is 0. The lowest BCUT2D eigenvalue weighted by Crippen LogP contribution is -2.32. The highest BCUT2D eigenvalue weighted by Gasteiger charge is 2.19. The lowest BCUT2D eigenvalue weighted by Gasteiger charge is -2.31. The lowest BCUT2D eigenvalue weighted by atomic mass is 9.99. The van der Waals surface area contributed by atoms with Gasteiger partial charge in [-0.1, -0.05) is 32.9 Å². The van der Waals surface area contributed by atoms with Crippen molar-refractivity contribution >= 4 is 5.69 Å². The Morgan fingerprint density at radius 3 is 2.45 bits per heavy atom. The van der Waals surface area contributed by atoms with E-state index in [1.807, 2.05) is 13.1 Å². The van der Waals surface area contributed by atoms with Crippen molar-refractivity contribution in [2.24, 2.45) is 11.7 Å². The molecule has 0 aromatic heterocycles. The van der Waals surface area contributed by atoms with Gasteiger partial charge in [-0.15, -0.1) is 0 Å². The second-order valence-corrected chi connectivity index (χ2v) is 6.21. The monoisotopic (exact) mass is 280 g/mol. The predicted molar refractivity (Wildman–Crippen MR) is 85.7 cm³/mol. The molecule has 1 aromatic carbocycles. The Morgan fingerprint density at radius 1 is 1.25 bits per heavy atom. The van der Waals surface area contributed by atoms with E-state index in [1.54, 1.807) is 6.07 Å². The third kappa shape index (κ3) is 4.48. The first-order valence-corrected chi connectivity index (χ1v) is 7.62. The molecule has 0 saturated carbocycles. The van der Waals surface area contributed by atoms with Crippen LogP contribution in [-0.4, -0.2) is 19.1 Å². The summed E-state index contributed by atoms with van der Waals surface area (Å²) in [5.41, 5.74) is 7.76. The molecule has 0 saturated heterocycles. The zero-order valence-corrected chi connectivity index (χ0v) is 13.5. The van der Waals surface area contributed by atoms with Gasteiger partial charge in [-0.25, -0.2) is 4.39 Å². The van der Waals surface area contributed by atoms with E-state index in [0.29, 0.717) is 17.6 Å². The van der Waals surface area contributed by atoms with Crippen molar-refractivity contribution < 1.29 is 4.39 Å². The van der Waals surface area contributed by atoms with Crippen molar-refractivity contribution in [1.29, 1.82) is 0 Å². The van der Waals surface area contributed by atoms with E-state index in [4.69, 9.17) is 5.73 Å². The maximum absolute atomic E-state index is 14.3. The van der Waals surface area contributed by atoms with Crippen LogP contribution < -0.4 is 10.6 Å². The molecule has 0 aliphatic carbocycles. The van der Waals surface area contributed by atoms with Gasteiger partial charge in [0.15, 0.2) is 0 Å². The molecule has 2 N–H and O–H groups in total. The van der Waals surface area contributed by atoms with Crippen LogP contribution in [0.5, 0.6) is 0 Å². The maximum atomic E-state index is 14.3. The first-order valence-electron chi connectivity index (χ1n) is 7.62. The molecule has 0 bridgehead atoms. The number of benzene rings is 1. The average Bonchev–Trinajstić information content (AvgIpc) is 2.37. The molecule has 1 rings (SSSR count). The van der Waals surface area contributed by atoms with E-state index < -0.39 is 0 Å². The molecule has 0 amide bonds. The SMILES string of the molecule is CCC(N)Cc1cccc(F)c1N(C)C(C)CC(C)C. The third-order valence-corrected chi connectivity index (χ3v) is 3.90. The molecule has 0 heterocycles. The van der Waals surface area contributed by atoms with Gasteiger partial charge in [0, 0.05) is 19.1 Å². The number of halogens is 1. The summed E-state index contributed by atoms with van der Waals surface area (Å²) < 4.78 is 14.3. The van der Waals surface area contributed by atoms with Crippen molar-refractivity contribution in [2.45, 2.75) is 59.0 Å². The van der Waals surface area contributed by atoms with Crippen LogP contribution in [0.4, 0.5) is 10.1 Å². The fourth-order valence-electron chi connectivity index (χ4n) is 2.61. The minimum atomic E-state index is -0.149. The van der Waals surface area contributed by atoms with Crippen molar-refractivity contribution in [2.75, 3.05) is 11.9 Å². The highest BCUT2D eigenvalue weighted by molar-refractivity contribution is 5.55. The quantitative estimate of drug-likeness (QED) is 0.818. The maximum Gasteiger partial charge on any atom is 0.146 e. The molecular formula is C17H29FN2. The van der Waals surface area contributed by atoms with E-state index in [2.05, 4.69) is 32.6 Å². The number of para-hydroxylation sites is 1. The number of nitrogens with two attached hydrogens (primary N) is 1. The second kappa shape index (κ2) is 7.63. The van der Waals surface area contributed by atoms with E-state index in [-0.39, 0.29) is 11.9 Å². The van der Waals surface area contributed by atoms with Crippen molar-refractivity contribution in [3.05, 3.63) is 29.6 Å². The number of nitrogens with zero attached hydrogens (tertiary/aromatic N) is 1. The van der Waals surface area contributed by atoms with Gasteiger partial charge >= 0.3 is 0 Å². The smallest absolute Gasteiger partial charge is 0.146 e. The average molecular weight is 280 g/mol. The first-order chi connectivity index (χ1) is 9.36. The van der Waals surface area contributed by atoms with Gasteiger partial charge < -0.3 is 10.6 Å². The molecule has 20 heavy (non-hydrogen) atoms. The van der Waals surface area contributed by atoms with Crippen LogP contribution in [0.1, 0.15) is 46.1 Å². The summed E-state index contributed by atoms with van der Waals surface area (Å²) in [5.74, 6) is 0.449. The zero-order valence-electron chi connectivity index (χ0n) is 13.5. The lowest BCUT2D eigenvalue weighted by molar-refractivity contribution is 0.496. The molecule has 2 atom stereocenters. The molecule has 0 radical (unpaired) electrons. The number of rotatable bonds is 7. The van der Waals surface area contributed by atoms with E-state index in [0.717, 1.165) is 24.8 Å². The van der Waals surface area contributed by atoms with Crippen molar-refractivity contribution in [3.63, 3.8) is 0 Å². The largest absolute Gasteiger partial charge is 0.369 e. The van der Waals surface area contributed by atoms with Gasteiger partial charge in [-0.05, 0) is 43.7 Å². The normalized spacial score (nSPS) is 14.4. The van der Waals surface area contributed by atoms with Gasteiger partial charge in [0.05, 0.1) is 5.69 Å². The zero-order chi connectivity index (χ0) is 15.3. The molecule has 1 aromatic rings. The standard InChI is InChI=1S/C17H29FN2/c1-6-15(19)11-14-8-7-9-16(18)17(14)20(5)13(4)10-12(2)3/h7-9,12-13,15H,6,10-11,19H2,1-5H3. The highest BCUT2D eigenvalue weighted by atomic mass is 19.1. The van der Waals surface area contributed by atoms with Crippen LogP contribution in [0.3, 0.4) is 0 Å². The van der Waals surface area contributed by atoms with Crippen LogP contribution in [0, 0.1) is 11.7 Å². The Hall–Kier alpha value is -1.09. The van der Waals surface area contributed by atoms with E-state index in [1.165, 1.54) is 6.07 Å². The predicted octanol–water partition coefficient (Wildman–Crippen LogP) is 3.98. The van der Waals surface area contributed by atoms with E-state index in [9.17, 15) is 4.39 Å². The molecule has 0 fully saturated rings. The fraction of sp³-hybridized carbons (Fsp3) is 0.647. The Kier molecular flexibility index (Phi) is 6.47. The fourth-order valence-corrected chi connectivity index (χ4v) is 2.61. The molecule has 0 spiro atoms. The molecule has 2 nitrogen and oxygen atoms in total. The van der Waals surface area contributed by atoms with Crippen LogP contribution in [-0.2, 0) is 6.42 Å². The van der Waals surface area contributed by atoms with Gasteiger partial charge in [-0.2, -0.15) is 0 Å². The van der Waals surface area contributed by atoms with Crippen molar-refractivity contribution in [3.8, 4) is 0 Å². The second-order valence-electron chi connectivity index (χ2n) is 6.21. The van der Waals surface area contributed by atoms with Crippen LogP contribution in [0.15, 0.2) is 18.2 Å². The highest BCUT2D eigenvalue weighted by Crippen LogP contribution is 2.28. The molecule has 114 valence electrons. The molecule has 2 unspecified atom stereocenters. The minimum absolute atomic E-state index is 0.0874. The van der Waals surface area contributed by atoms with Crippen LogP contribution >= 0.6 is 0 Å². The summed E-state index contributed by atoms with van der Waals surface area (Å²) >= 11 is 0. The van der Waals surface area contributed by atoms with Crippen molar-refractivity contribution in [1.82, 2.24) is 0 Å². The molecule has 0 aliphatic heterocycles. The summed E-state index contributed by atoms with van der Waals surface area (Å²) in [7, 11) is 1.98. The van der Waals surface area contributed by atoms with E-state index >= 15 is 0 Å². The Labute approximate surface area is 123 Å². The summed E-state index contributed by atoms with van der Waals surface area (Å²) in [6.45, 7) is 8.60. The Balaban J connectivity index is 3.02. The van der Waals surface area contributed by atoms with Gasteiger partial charge in [0.1, 0.15) is 5.82 Å². The van der Waals surface area contributed by atoms with Gasteiger partial charge in [-0.3, -0.25) is 0 Å². The Bertz CT molecular complexity index is 417. The number of anilines is 1. The van der Waals surface area contributed by atoms with Crippen LogP contribution in [0.2, 0.25) is 0 Å². The molecule has 3 heteroatoms. The first kappa shape index (κ1) is 17.0. The summed E-state index contributed by atoms with van der Waals surface area (Å²) in [6, 6.07) is 5.70. The third-order valence-electron chi connectivity index (χ3n) is 3.90.